The van der Waals surface area contributed by atoms with Crippen molar-refractivity contribution in [2.45, 2.75) is 109 Å². The molecule has 0 unspecified atom stereocenters. The summed E-state index contributed by atoms with van der Waals surface area (Å²) < 4.78 is 5.48. The Morgan fingerprint density at radius 1 is 0.852 bits per heavy atom. The van der Waals surface area contributed by atoms with Gasteiger partial charge in [0.1, 0.15) is 5.75 Å². The van der Waals surface area contributed by atoms with Crippen molar-refractivity contribution in [3.8, 4) is 5.75 Å². The van der Waals surface area contributed by atoms with Gasteiger partial charge in [-0.25, -0.2) is 0 Å². The van der Waals surface area contributed by atoms with Crippen LogP contribution in [0.4, 0.5) is 0 Å². The van der Waals surface area contributed by atoms with Crippen LogP contribution in [0.2, 0.25) is 0 Å². The van der Waals surface area contributed by atoms with Crippen LogP contribution in [-0.4, -0.2) is 5.97 Å². The lowest BCUT2D eigenvalue weighted by Crippen LogP contribution is -2.44. The van der Waals surface area contributed by atoms with Crippen molar-refractivity contribution in [3.05, 3.63) is 29.8 Å². The van der Waals surface area contributed by atoms with Crippen molar-refractivity contribution in [3.63, 3.8) is 0 Å². The lowest BCUT2D eigenvalue weighted by molar-refractivity contribution is -0.134. The Hall–Kier alpha value is -1.31. The third-order valence-electron chi connectivity index (χ3n) is 7.40. The monoisotopic (exact) mass is 370 g/mol. The summed E-state index contributed by atoms with van der Waals surface area (Å²) in [5.41, 5.74) is 2.51. The second-order valence-electron chi connectivity index (χ2n) is 9.19. The Morgan fingerprint density at radius 3 is 2.07 bits per heavy atom. The molecule has 0 spiro atoms. The van der Waals surface area contributed by atoms with Crippen LogP contribution in [-0.2, 0) is 10.2 Å². The molecule has 0 atom stereocenters. The molecular weight excluding hydrogens is 332 g/mol. The van der Waals surface area contributed by atoms with Crippen molar-refractivity contribution < 1.29 is 9.53 Å². The standard InChI is InChI=1S/C25H38O2/c1-3-5-7-8-14-24-15-18-25(19-16-24,20-17-24)21-10-12-22(13-11-21)27-23(26)9-6-4-2/h10-13H,3-9,14-20H2,1-2H3. The van der Waals surface area contributed by atoms with Crippen LogP contribution >= 0.6 is 0 Å². The third kappa shape index (κ3) is 4.95. The zero-order chi connectivity index (χ0) is 19.2. The van der Waals surface area contributed by atoms with E-state index < -0.39 is 0 Å². The number of ether oxygens (including phenoxy) is 1. The smallest absolute Gasteiger partial charge is 0.311 e. The van der Waals surface area contributed by atoms with E-state index in [1.807, 2.05) is 12.1 Å². The van der Waals surface area contributed by atoms with E-state index in [1.165, 1.54) is 76.2 Å². The summed E-state index contributed by atoms with van der Waals surface area (Å²) in [4.78, 5) is 11.8. The predicted octanol–water partition coefficient (Wildman–Crippen LogP) is 7.34. The molecule has 3 aliphatic rings. The van der Waals surface area contributed by atoms with E-state index in [0.29, 0.717) is 23.0 Å². The summed E-state index contributed by atoms with van der Waals surface area (Å²) in [6.45, 7) is 4.39. The average Bonchev–Trinajstić information content (AvgIpc) is 2.72. The Balaban J connectivity index is 1.55. The molecule has 0 amide bonds. The number of fused-ring (bicyclic) bond motifs is 3. The molecular formula is C25H38O2. The quantitative estimate of drug-likeness (QED) is 0.244. The minimum atomic E-state index is -0.106. The van der Waals surface area contributed by atoms with Gasteiger partial charge in [0.05, 0.1) is 0 Å². The molecule has 150 valence electrons. The zero-order valence-corrected chi connectivity index (χ0v) is 17.5. The van der Waals surface area contributed by atoms with Crippen molar-refractivity contribution in [1.29, 1.82) is 0 Å². The molecule has 2 heteroatoms. The molecule has 0 N–H and O–H groups in total. The fraction of sp³-hybridized carbons (Fsp3) is 0.720. The highest BCUT2D eigenvalue weighted by atomic mass is 16.5. The van der Waals surface area contributed by atoms with E-state index >= 15 is 0 Å². The maximum atomic E-state index is 11.8. The summed E-state index contributed by atoms with van der Waals surface area (Å²) in [6, 6.07) is 8.47. The first-order valence-corrected chi connectivity index (χ1v) is 11.4. The van der Waals surface area contributed by atoms with Crippen LogP contribution in [0.5, 0.6) is 5.75 Å². The number of hydrogen-bond donors (Lipinski definition) is 0. The van der Waals surface area contributed by atoms with Gasteiger partial charge < -0.3 is 4.74 Å². The van der Waals surface area contributed by atoms with Gasteiger partial charge in [-0.15, -0.1) is 0 Å². The topological polar surface area (TPSA) is 26.3 Å². The number of hydrogen-bond acceptors (Lipinski definition) is 2. The molecule has 3 aliphatic carbocycles. The first-order chi connectivity index (χ1) is 13.1. The normalized spacial score (nSPS) is 26.9. The first-order valence-electron chi connectivity index (χ1n) is 11.4. The van der Waals surface area contributed by atoms with Crippen molar-refractivity contribution in [2.24, 2.45) is 5.41 Å². The van der Waals surface area contributed by atoms with Crippen LogP contribution in [0, 0.1) is 5.41 Å². The number of carbonyl (C=O) groups is 1. The molecule has 1 aromatic rings. The van der Waals surface area contributed by atoms with Crippen molar-refractivity contribution in [2.75, 3.05) is 0 Å². The highest BCUT2D eigenvalue weighted by molar-refractivity contribution is 5.72. The molecule has 0 aliphatic heterocycles. The van der Waals surface area contributed by atoms with E-state index in [9.17, 15) is 4.79 Å². The largest absolute Gasteiger partial charge is 0.427 e. The lowest BCUT2D eigenvalue weighted by atomic mass is 9.51. The minimum absolute atomic E-state index is 0.106. The number of benzene rings is 1. The maximum absolute atomic E-state index is 11.8. The summed E-state index contributed by atoms with van der Waals surface area (Å²) in [5, 5.41) is 0. The maximum Gasteiger partial charge on any atom is 0.311 e. The lowest BCUT2D eigenvalue weighted by Gasteiger charge is -2.54. The summed E-state index contributed by atoms with van der Waals surface area (Å²) in [7, 11) is 0. The van der Waals surface area contributed by atoms with Gasteiger partial charge in [0.2, 0.25) is 0 Å². The minimum Gasteiger partial charge on any atom is -0.427 e. The van der Waals surface area contributed by atoms with Crippen molar-refractivity contribution >= 4 is 5.97 Å². The highest BCUT2D eigenvalue weighted by Crippen LogP contribution is 2.59. The summed E-state index contributed by atoms with van der Waals surface area (Å²) >= 11 is 0. The second-order valence-corrected chi connectivity index (χ2v) is 9.19. The van der Waals surface area contributed by atoms with Crippen LogP contribution in [0.1, 0.15) is 109 Å². The molecule has 0 radical (unpaired) electrons. The van der Waals surface area contributed by atoms with Gasteiger partial charge in [-0.05, 0) is 79.9 Å². The Kier molecular flexibility index (Phi) is 7.00. The predicted molar refractivity (Wildman–Crippen MR) is 112 cm³/mol. The molecule has 4 rings (SSSR count). The van der Waals surface area contributed by atoms with Crippen LogP contribution in [0.25, 0.3) is 0 Å². The van der Waals surface area contributed by atoms with Gasteiger partial charge in [-0.3, -0.25) is 4.79 Å². The van der Waals surface area contributed by atoms with Crippen LogP contribution < -0.4 is 4.74 Å². The van der Waals surface area contributed by atoms with E-state index in [0.717, 1.165) is 12.8 Å². The van der Waals surface area contributed by atoms with Gasteiger partial charge in [0.25, 0.3) is 0 Å². The molecule has 2 bridgehead atoms. The fourth-order valence-electron chi connectivity index (χ4n) is 5.38. The molecule has 27 heavy (non-hydrogen) atoms. The molecule has 0 heterocycles. The van der Waals surface area contributed by atoms with E-state index in [4.69, 9.17) is 4.74 Å². The van der Waals surface area contributed by atoms with E-state index in [-0.39, 0.29) is 5.97 Å². The fourth-order valence-corrected chi connectivity index (χ4v) is 5.38. The zero-order valence-electron chi connectivity index (χ0n) is 17.5. The van der Waals surface area contributed by atoms with Crippen LogP contribution in [0.15, 0.2) is 24.3 Å². The van der Waals surface area contributed by atoms with Gasteiger partial charge >= 0.3 is 5.97 Å². The number of esters is 1. The molecule has 0 saturated heterocycles. The molecule has 0 aromatic heterocycles. The number of rotatable bonds is 10. The molecule has 3 saturated carbocycles. The third-order valence-corrected chi connectivity index (χ3v) is 7.40. The Labute approximate surface area is 166 Å². The molecule has 3 fully saturated rings. The summed E-state index contributed by atoms with van der Waals surface area (Å²) in [5.74, 6) is 0.596. The van der Waals surface area contributed by atoms with Crippen LogP contribution in [0.3, 0.4) is 0 Å². The number of carbonyl (C=O) groups excluding carboxylic acids is 1. The van der Waals surface area contributed by atoms with Gasteiger partial charge in [0, 0.05) is 6.42 Å². The molecule has 1 aromatic carbocycles. The van der Waals surface area contributed by atoms with E-state index in [2.05, 4.69) is 26.0 Å². The SMILES string of the molecule is CCCCCCC12CCC(c3ccc(OC(=O)CCCC)cc3)(CC1)CC2. The Morgan fingerprint density at radius 2 is 1.48 bits per heavy atom. The average molecular weight is 371 g/mol. The molecule has 2 nitrogen and oxygen atoms in total. The van der Waals surface area contributed by atoms with Gasteiger partial charge in [-0.2, -0.15) is 0 Å². The van der Waals surface area contributed by atoms with Crippen molar-refractivity contribution in [1.82, 2.24) is 0 Å². The summed E-state index contributed by atoms with van der Waals surface area (Å²) in [6.07, 6.45) is 17.7. The first kappa shape index (κ1) is 20.4. The highest BCUT2D eigenvalue weighted by Gasteiger charge is 2.48. The van der Waals surface area contributed by atoms with Gasteiger partial charge in [-0.1, -0.05) is 58.1 Å². The second kappa shape index (κ2) is 9.26. The number of unbranched alkanes of at least 4 members (excludes halogenated alkanes) is 4. The van der Waals surface area contributed by atoms with Gasteiger partial charge in [0.15, 0.2) is 0 Å². The Bertz CT molecular complexity index is 577. The van der Waals surface area contributed by atoms with E-state index in [1.54, 1.807) is 0 Å².